The van der Waals surface area contributed by atoms with E-state index < -0.39 is 48.4 Å². The van der Waals surface area contributed by atoms with Crippen LogP contribution in [0.1, 0.15) is 50.6 Å². The summed E-state index contributed by atoms with van der Waals surface area (Å²) in [5, 5.41) is 35.8. The third-order valence-corrected chi connectivity index (χ3v) is 6.11. The summed E-state index contributed by atoms with van der Waals surface area (Å²) in [6, 6.07) is 4.49. The Hall–Kier alpha value is -2.73. The van der Waals surface area contributed by atoms with Crippen LogP contribution in [0.3, 0.4) is 0 Å². The first kappa shape index (κ1) is 27.9. The lowest BCUT2D eigenvalue weighted by atomic mass is 9.99. The highest BCUT2D eigenvalue weighted by atomic mass is 19.1. The zero-order chi connectivity index (χ0) is 26.7. The summed E-state index contributed by atoms with van der Waals surface area (Å²) in [4.78, 5) is 11.8. The molecular formula is C25H35FN2O8. The largest absolute Gasteiger partial charge is 0.497 e. The molecule has 0 radical (unpaired) electrons. The van der Waals surface area contributed by atoms with Gasteiger partial charge >= 0.3 is 5.97 Å². The summed E-state index contributed by atoms with van der Waals surface area (Å²) in [6.45, 7) is 8.64. The highest BCUT2D eigenvalue weighted by Gasteiger charge is 2.46. The number of nitrogens with zero attached hydrogens (tertiary/aromatic N) is 2. The van der Waals surface area contributed by atoms with Gasteiger partial charge in [-0.05, 0) is 32.4 Å². The zero-order valence-corrected chi connectivity index (χ0v) is 21.3. The second-order valence-electron chi connectivity index (χ2n) is 9.46. The molecule has 36 heavy (non-hydrogen) atoms. The molecule has 1 aromatic carbocycles. The molecule has 3 N–H and O–H groups in total. The number of aliphatic hydroxyl groups is 3. The van der Waals surface area contributed by atoms with Gasteiger partial charge in [-0.15, -0.1) is 5.10 Å². The number of methoxy groups -OCH3 is 1. The molecular weight excluding hydrogens is 475 g/mol. The molecule has 1 saturated heterocycles. The SMILES string of the molecule is COc1ccc(Cc2c(O[C@@H]3O[C@H](COC(=O)C(C)C)[C@@H](O)[C@H](O)[C@H]3O)nn(C(C)C)c2C)c(F)c1. The monoisotopic (exact) mass is 510 g/mol. The van der Waals surface area contributed by atoms with Crippen LogP contribution in [-0.2, 0) is 20.7 Å². The Morgan fingerprint density at radius 3 is 2.44 bits per heavy atom. The van der Waals surface area contributed by atoms with Crippen LogP contribution in [0.2, 0.25) is 0 Å². The first-order valence-electron chi connectivity index (χ1n) is 11.9. The summed E-state index contributed by atoms with van der Waals surface area (Å²) in [6.07, 6.45) is -7.20. The Morgan fingerprint density at radius 2 is 1.86 bits per heavy atom. The van der Waals surface area contributed by atoms with Crippen molar-refractivity contribution in [3.05, 3.63) is 40.8 Å². The van der Waals surface area contributed by atoms with E-state index >= 15 is 0 Å². The maximum atomic E-state index is 14.7. The van der Waals surface area contributed by atoms with Crippen LogP contribution in [0.4, 0.5) is 4.39 Å². The number of rotatable bonds is 9. The normalized spacial score (nSPS) is 24.3. The van der Waals surface area contributed by atoms with Crippen LogP contribution in [-0.4, -0.2) is 75.5 Å². The van der Waals surface area contributed by atoms with Crippen LogP contribution in [0.5, 0.6) is 11.6 Å². The van der Waals surface area contributed by atoms with E-state index in [2.05, 4.69) is 5.10 Å². The number of halogens is 1. The van der Waals surface area contributed by atoms with Crippen molar-refractivity contribution in [3.8, 4) is 11.6 Å². The van der Waals surface area contributed by atoms with Crippen molar-refractivity contribution in [1.82, 2.24) is 9.78 Å². The van der Waals surface area contributed by atoms with E-state index in [0.29, 0.717) is 16.9 Å². The third kappa shape index (κ3) is 5.97. The summed E-state index contributed by atoms with van der Waals surface area (Å²) in [5.41, 5.74) is 1.67. The number of carbonyl (C=O) groups is 1. The minimum absolute atomic E-state index is 0.0466. The number of hydrogen-bond acceptors (Lipinski definition) is 9. The fraction of sp³-hybridized carbons (Fsp3) is 0.600. The Kier molecular flexibility index (Phi) is 8.93. The maximum Gasteiger partial charge on any atom is 0.308 e. The Balaban J connectivity index is 1.88. The molecule has 1 fully saturated rings. The molecule has 0 amide bonds. The highest BCUT2D eigenvalue weighted by Crippen LogP contribution is 2.31. The van der Waals surface area contributed by atoms with E-state index in [9.17, 15) is 24.5 Å². The van der Waals surface area contributed by atoms with Gasteiger partial charge in [0, 0.05) is 29.8 Å². The molecule has 2 aromatic rings. The van der Waals surface area contributed by atoms with Crippen molar-refractivity contribution >= 4 is 5.97 Å². The van der Waals surface area contributed by atoms with Crippen molar-refractivity contribution in [1.29, 1.82) is 0 Å². The quantitative estimate of drug-likeness (QED) is 0.433. The lowest BCUT2D eigenvalue weighted by Gasteiger charge is -2.39. The molecule has 0 bridgehead atoms. The van der Waals surface area contributed by atoms with E-state index in [-0.39, 0.29) is 24.9 Å². The minimum atomic E-state index is -1.62. The van der Waals surface area contributed by atoms with Gasteiger partial charge in [0.25, 0.3) is 0 Å². The van der Waals surface area contributed by atoms with E-state index in [4.69, 9.17) is 18.9 Å². The Bertz CT molecular complexity index is 1060. The molecule has 0 aliphatic carbocycles. The topological polar surface area (TPSA) is 132 Å². The second kappa shape index (κ2) is 11.5. The van der Waals surface area contributed by atoms with Crippen molar-refractivity contribution < 1.29 is 43.5 Å². The van der Waals surface area contributed by atoms with Gasteiger partial charge in [-0.3, -0.25) is 9.48 Å². The molecule has 3 rings (SSSR count). The zero-order valence-electron chi connectivity index (χ0n) is 21.3. The highest BCUT2D eigenvalue weighted by molar-refractivity contribution is 5.71. The third-order valence-electron chi connectivity index (χ3n) is 6.11. The number of benzene rings is 1. The van der Waals surface area contributed by atoms with Gasteiger partial charge in [-0.1, -0.05) is 19.9 Å². The lowest BCUT2D eigenvalue weighted by Crippen LogP contribution is -2.60. The number of ether oxygens (including phenoxy) is 4. The smallest absolute Gasteiger partial charge is 0.308 e. The molecule has 0 spiro atoms. The van der Waals surface area contributed by atoms with Crippen LogP contribution in [0, 0.1) is 18.7 Å². The van der Waals surface area contributed by atoms with Crippen molar-refractivity contribution in [2.75, 3.05) is 13.7 Å². The van der Waals surface area contributed by atoms with Crippen LogP contribution >= 0.6 is 0 Å². The Labute approximate surface area is 209 Å². The van der Waals surface area contributed by atoms with Gasteiger partial charge in [0.15, 0.2) is 0 Å². The predicted molar refractivity (Wildman–Crippen MR) is 126 cm³/mol. The predicted octanol–water partition coefficient (Wildman–Crippen LogP) is 1.90. The van der Waals surface area contributed by atoms with Gasteiger partial charge in [0.1, 0.15) is 42.6 Å². The van der Waals surface area contributed by atoms with Crippen molar-refractivity contribution in [3.63, 3.8) is 0 Å². The van der Waals surface area contributed by atoms with Crippen LogP contribution in [0.15, 0.2) is 18.2 Å². The molecule has 5 atom stereocenters. The van der Waals surface area contributed by atoms with E-state index in [1.165, 1.54) is 13.2 Å². The number of aromatic nitrogens is 2. The Morgan fingerprint density at radius 1 is 1.17 bits per heavy atom. The average Bonchev–Trinajstić information content (AvgIpc) is 3.14. The van der Waals surface area contributed by atoms with Crippen molar-refractivity contribution in [2.24, 2.45) is 5.92 Å². The van der Waals surface area contributed by atoms with Gasteiger partial charge in [-0.2, -0.15) is 0 Å². The molecule has 2 heterocycles. The minimum Gasteiger partial charge on any atom is -0.497 e. The lowest BCUT2D eigenvalue weighted by molar-refractivity contribution is -0.279. The first-order valence-corrected chi connectivity index (χ1v) is 11.9. The van der Waals surface area contributed by atoms with E-state index in [1.807, 2.05) is 20.8 Å². The first-order chi connectivity index (χ1) is 16.9. The van der Waals surface area contributed by atoms with Gasteiger partial charge in [0.05, 0.1) is 13.0 Å². The van der Waals surface area contributed by atoms with Gasteiger partial charge < -0.3 is 34.3 Å². The molecule has 11 heteroatoms. The second-order valence-corrected chi connectivity index (χ2v) is 9.46. The maximum absolute atomic E-state index is 14.7. The standard InChI is InChI=1S/C25H35FN2O8/c1-12(2)24(32)34-11-19-20(29)21(30)22(31)25(35-19)36-23-17(14(5)28(27-23)13(3)4)9-15-7-8-16(33-6)10-18(15)26/h7-8,10,12-13,19-22,25,29-31H,9,11H2,1-6H3/t19-,20-,21+,22-,25+/m1/s1. The molecule has 1 aromatic heterocycles. The molecule has 0 unspecified atom stereocenters. The summed E-state index contributed by atoms with van der Waals surface area (Å²) in [5.74, 6) is -0.882. The van der Waals surface area contributed by atoms with Crippen LogP contribution in [0.25, 0.3) is 0 Å². The average molecular weight is 511 g/mol. The summed E-state index contributed by atoms with van der Waals surface area (Å²) >= 11 is 0. The molecule has 10 nitrogen and oxygen atoms in total. The number of hydrogen-bond donors (Lipinski definition) is 3. The van der Waals surface area contributed by atoms with Gasteiger partial charge in [-0.25, -0.2) is 4.39 Å². The fourth-order valence-electron chi connectivity index (χ4n) is 3.91. The molecule has 1 aliphatic rings. The molecule has 1 aliphatic heterocycles. The molecule has 200 valence electrons. The number of esters is 1. The summed E-state index contributed by atoms with van der Waals surface area (Å²) in [7, 11) is 1.45. The fourth-order valence-corrected chi connectivity index (χ4v) is 3.91. The number of carbonyl (C=O) groups excluding carboxylic acids is 1. The van der Waals surface area contributed by atoms with Crippen molar-refractivity contribution in [2.45, 2.75) is 77.8 Å². The molecule has 0 saturated carbocycles. The van der Waals surface area contributed by atoms with Crippen LogP contribution < -0.4 is 9.47 Å². The summed E-state index contributed by atoms with van der Waals surface area (Å²) < 4.78 is 38.2. The van der Waals surface area contributed by atoms with Gasteiger partial charge in [0.2, 0.25) is 12.2 Å². The number of aliphatic hydroxyl groups excluding tert-OH is 3. The van der Waals surface area contributed by atoms with E-state index in [0.717, 1.165) is 5.69 Å². The van der Waals surface area contributed by atoms with E-state index in [1.54, 1.807) is 30.7 Å².